The first-order chi connectivity index (χ1) is 14.9. The molecule has 2 aromatic rings. The third-order valence-corrected chi connectivity index (χ3v) is 4.45. The van der Waals surface area contributed by atoms with E-state index in [9.17, 15) is 14.4 Å². The summed E-state index contributed by atoms with van der Waals surface area (Å²) in [5.74, 6) is -0.571. The van der Waals surface area contributed by atoms with Crippen LogP contribution in [0.5, 0.6) is 11.5 Å². The Hall–Kier alpha value is -3.55. The molecule has 2 N–H and O–H groups in total. The van der Waals surface area contributed by atoms with E-state index in [0.717, 1.165) is 12.8 Å². The third kappa shape index (κ3) is 6.21. The van der Waals surface area contributed by atoms with Gasteiger partial charge >= 0.3 is 5.97 Å². The monoisotopic (exact) mass is 426 g/mol. The van der Waals surface area contributed by atoms with Crippen molar-refractivity contribution in [1.29, 1.82) is 0 Å². The second kappa shape index (κ2) is 9.97. The van der Waals surface area contributed by atoms with Crippen LogP contribution in [0.25, 0.3) is 0 Å². The Kier molecular flexibility index (Phi) is 7.12. The highest BCUT2D eigenvalue weighted by Gasteiger charge is 2.25. The molecule has 0 aromatic heterocycles. The molecular weight excluding hydrogens is 400 g/mol. The number of nitrogens with one attached hydrogen (secondary N) is 2. The molecule has 0 aliphatic heterocycles. The maximum atomic E-state index is 12.3. The van der Waals surface area contributed by atoms with Crippen LogP contribution in [-0.4, -0.2) is 43.6 Å². The molecule has 0 atom stereocenters. The van der Waals surface area contributed by atoms with E-state index in [-0.39, 0.29) is 23.6 Å². The van der Waals surface area contributed by atoms with Crippen LogP contribution in [-0.2, 0) is 9.53 Å². The number of para-hydroxylation sites is 1. The molecule has 2 amide bonds. The number of hydrogen-bond donors (Lipinski definition) is 2. The molecule has 1 aliphatic rings. The van der Waals surface area contributed by atoms with E-state index in [1.807, 2.05) is 13.8 Å². The molecule has 1 fully saturated rings. The predicted octanol–water partition coefficient (Wildman–Crippen LogP) is 3.17. The summed E-state index contributed by atoms with van der Waals surface area (Å²) in [5.41, 5.74) is 0.947. The molecule has 8 nitrogen and oxygen atoms in total. The first-order valence-corrected chi connectivity index (χ1v) is 10.1. The third-order valence-electron chi connectivity index (χ3n) is 4.45. The van der Waals surface area contributed by atoms with Crippen molar-refractivity contribution in [3.8, 4) is 11.5 Å². The van der Waals surface area contributed by atoms with Gasteiger partial charge in [-0.2, -0.15) is 0 Å². The maximum absolute atomic E-state index is 12.3. The lowest BCUT2D eigenvalue weighted by Gasteiger charge is -2.14. The normalized spacial score (nSPS) is 12.8. The summed E-state index contributed by atoms with van der Waals surface area (Å²) < 4.78 is 16.0. The van der Waals surface area contributed by atoms with Gasteiger partial charge in [-0.25, -0.2) is 4.79 Å². The van der Waals surface area contributed by atoms with Gasteiger partial charge in [0.1, 0.15) is 0 Å². The summed E-state index contributed by atoms with van der Waals surface area (Å²) in [6, 6.07) is 11.5. The minimum absolute atomic E-state index is 0.0513. The summed E-state index contributed by atoms with van der Waals surface area (Å²) in [5, 5.41) is 5.51. The number of carbonyl (C=O) groups is 3. The lowest BCUT2D eigenvalue weighted by Crippen LogP contribution is -2.28. The van der Waals surface area contributed by atoms with Gasteiger partial charge in [-0.05, 0) is 57.0 Å². The first kappa shape index (κ1) is 22.1. The molecule has 164 valence electrons. The smallest absolute Gasteiger partial charge is 0.338 e. The van der Waals surface area contributed by atoms with Gasteiger partial charge in [-0.1, -0.05) is 12.1 Å². The highest BCUT2D eigenvalue weighted by molar-refractivity contribution is 6.04. The Balaban J connectivity index is 1.58. The van der Waals surface area contributed by atoms with Crippen LogP contribution in [0.1, 0.15) is 47.4 Å². The average molecular weight is 426 g/mol. The van der Waals surface area contributed by atoms with Crippen molar-refractivity contribution in [3.63, 3.8) is 0 Å². The summed E-state index contributed by atoms with van der Waals surface area (Å²) >= 11 is 0. The standard InChI is InChI=1S/C23H26N2O6/c1-14(2)31-19-11-8-15(12-20(19)29-3)23(28)30-13-21(26)25-18-7-5-4-6-17(18)22(27)24-16-9-10-16/h4-8,11-12,14,16H,9-10,13H2,1-3H3,(H,24,27)(H,25,26). The van der Waals surface area contributed by atoms with E-state index in [2.05, 4.69) is 10.6 Å². The summed E-state index contributed by atoms with van der Waals surface area (Å²) in [6.45, 7) is 3.27. The Labute approximate surface area is 180 Å². The fourth-order valence-electron chi connectivity index (χ4n) is 2.83. The molecule has 2 aromatic carbocycles. The van der Waals surface area contributed by atoms with Gasteiger partial charge in [0.25, 0.3) is 11.8 Å². The quantitative estimate of drug-likeness (QED) is 0.597. The number of rotatable bonds is 9. The van der Waals surface area contributed by atoms with Gasteiger partial charge in [0.05, 0.1) is 30.0 Å². The first-order valence-electron chi connectivity index (χ1n) is 10.1. The second-order valence-electron chi connectivity index (χ2n) is 7.45. The van der Waals surface area contributed by atoms with Crippen LogP contribution < -0.4 is 20.1 Å². The zero-order chi connectivity index (χ0) is 22.4. The van der Waals surface area contributed by atoms with E-state index >= 15 is 0 Å². The van der Waals surface area contributed by atoms with Crippen molar-refractivity contribution >= 4 is 23.5 Å². The van der Waals surface area contributed by atoms with Crippen molar-refractivity contribution in [2.45, 2.75) is 38.8 Å². The lowest BCUT2D eigenvalue weighted by molar-refractivity contribution is -0.119. The molecule has 1 saturated carbocycles. The summed E-state index contributed by atoms with van der Waals surface area (Å²) in [7, 11) is 1.47. The molecule has 1 aliphatic carbocycles. The topological polar surface area (TPSA) is 103 Å². The fourth-order valence-corrected chi connectivity index (χ4v) is 2.83. The van der Waals surface area contributed by atoms with Gasteiger partial charge < -0.3 is 24.8 Å². The van der Waals surface area contributed by atoms with Crippen molar-refractivity contribution in [2.24, 2.45) is 0 Å². The Morgan fingerprint density at radius 1 is 1.06 bits per heavy atom. The molecule has 3 rings (SSSR count). The zero-order valence-electron chi connectivity index (χ0n) is 17.8. The number of esters is 1. The van der Waals surface area contributed by atoms with E-state index in [0.29, 0.717) is 22.7 Å². The summed E-state index contributed by atoms with van der Waals surface area (Å²) in [4.78, 5) is 37.0. The number of benzene rings is 2. The number of carbonyl (C=O) groups excluding carboxylic acids is 3. The van der Waals surface area contributed by atoms with Gasteiger partial charge in [0.2, 0.25) is 0 Å². The SMILES string of the molecule is COc1cc(C(=O)OCC(=O)Nc2ccccc2C(=O)NC2CC2)ccc1OC(C)C. The fraction of sp³-hybridized carbons (Fsp3) is 0.348. The van der Waals surface area contributed by atoms with Crippen LogP contribution in [0.2, 0.25) is 0 Å². The molecule has 0 unspecified atom stereocenters. The van der Waals surface area contributed by atoms with Gasteiger partial charge in [-0.3, -0.25) is 9.59 Å². The van der Waals surface area contributed by atoms with Crippen LogP contribution in [0.15, 0.2) is 42.5 Å². The molecule has 0 heterocycles. The van der Waals surface area contributed by atoms with Crippen molar-refractivity contribution in [3.05, 3.63) is 53.6 Å². The minimum atomic E-state index is -0.677. The second-order valence-corrected chi connectivity index (χ2v) is 7.45. The van der Waals surface area contributed by atoms with Crippen LogP contribution in [0.4, 0.5) is 5.69 Å². The molecule has 0 spiro atoms. The zero-order valence-corrected chi connectivity index (χ0v) is 17.8. The number of methoxy groups -OCH3 is 1. The maximum Gasteiger partial charge on any atom is 0.338 e. The number of hydrogen-bond acceptors (Lipinski definition) is 6. The van der Waals surface area contributed by atoms with Gasteiger partial charge in [0.15, 0.2) is 18.1 Å². The van der Waals surface area contributed by atoms with E-state index < -0.39 is 18.5 Å². The van der Waals surface area contributed by atoms with Crippen LogP contribution in [0.3, 0.4) is 0 Å². The van der Waals surface area contributed by atoms with Crippen molar-refractivity contribution < 1.29 is 28.6 Å². The summed E-state index contributed by atoms with van der Waals surface area (Å²) in [6.07, 6.45) is 1.88. The van der Waals surface area contributed by atoms with Crippen molar-refractivity contribution in [2.75, 3.05) is 19.0 Å². The number of amides is 2. The molecular formula is C23H26N2O6. The Morgan fingerprint density at radius 3 is 2.48 bits per heavy atom. The number of ether oxygens (including phenoxy) is 3. The average Bonchev–Trinajstić information content (AvgIpc) is 3.56. The highest BCUT2D eigenvalue weighted by atomic mass is 16.5. The molecule has 0 radical (unpaired) electrons. The highest BCUT2D eigenvalue weighted by Crippen LogP contribution is 2.29. The molecule has 8 heteroatoms. The van der Waals surface area contributed by atoms with Crippen molar-refractivity contribution in [1.82, 2.24) is 5.32 Å². The lowest BCUT2D eigenvalue weighted by atomic mass is 10.1. The van der Waals surface area contributed by atoms with E-state index in [1.54, 1.807) is 30.3 Å². The van der Waals surface area contributed by atoms with Crippen LogP contribution in [0, 0.1) is 0 Å². The Bertz CT molecular complexity index is 968. The van der Waals surface area contributed by atoms with Gasteiger partial charge in [0, 0.05) is 6.04 Å². The van der Waals surface area contributed by atoms with Crippen LogP contribution >= 0.6 is 0 Å². The van der Waals surface area contributed by atoms with E-state index in [1.165, 1.54) is 19.2 Å². The predicted molar refractivity (Wildman–Crippen MR) is 115 cm³/mol. The molecule has 31 heavy (non-hydrogen) atoms. The largest absolute Gasteiger partial charge is 0.493 e. The van der Waals surface area contributed by atoms with E-state index in [4.69, 9.17) is 14.2 Å². The molecule has 0 bridgehead atoms. The Morgan fingerprint density at radius 2 is 1.81 bits per heavy atom. The van der Waals surface area contributed by atoms with Gasteiger partial charge in [-0.15, -0.1) is 0 Å². The molecule has 0 saturated heterocycles. The minimum Gasteiger partial charge on any atom is -0.493 e. The number of anilines is 1.